The van der Waals surface area contributed by atoms with E-state index in [1.54, 1.807) is 6.92 Å². The fourth-order valence-electron chi connectivity index (χ4n) is 3.45. The monoisotopic (exact) mass is 451 g/mol. The highest BCUT2D eigenvalue weighted by molar-refractivity contribution is 7.93. The number of aromatic nitrogens is 1. The first-order valence-electron chi connectivity index (χ1n) is 9.51. The Morgan fingerprint density at radius 3 is 2.80 bits per heavy atom. The van der Waals surface area contributed by atoms with Gasteiger partial charge in [0.15, 0.2) is 21.5 Å². The van der Waals surface area contributed by atoms with Gasteiger partial charge in [-0.3, -0.25) is 4.79 Å². The minimum Gasteiger partial charge on any atom is -0.347 e. The van der Waals surface area contributed by atoms with Crippen molar-refractivity contribution in [3.63, 3.8) is 0 Å². The largest absolute Gasteiger partial charge is 0.347 e. The van der Waals surface area contributed by atoms with Crippen LogP contribution in [0.25, 0.3) is 0 Å². The van der Waals surface area contributed by atoms with E-state index < -0.39 is 27.6 Å². The Hall–Kier alpha value is -2.45. The molecule has 2 heterocycles. The first-order valence-corrected chi connectivity index (χ1v) is 11.8. The van der Waals surface area contributed by atoms with Crippen LogP contribution < -0.4 is 10.2 Å². The van der Waals surface area contributed by atoms with Crippen molar-refractivity contribution >= 4 is 33.2 Å². The smallest absolute Gasteiger partial charge is 0.253 e. The summed E-state index contributed by atoms with van der Waals surface area (Å²) in [5, 5.41) is 4.24. The first-order chi connectivity index (χ1) is 14.2. The Labute approximate surface area is 180 Å². The van der Waals surface area contributed by atoms with Gasteiger partial charge in [0.25, 0.3) is 5.91 Å². The lowest BCUT2D eigenvalue weighted by Crippen LogP contribution is -2.31. The number of hydrogen-bond donors (Lipinski definition) is 1. The van der Waals surface area contributed by atoms with Gasteiger partial charge in [0.2, 0.25) is 0 Å². The zero-order valence-corrected chi connectivity index (χ0v) is 18.3. The summed E-state index contributed by atoms with van der Waals surface area (Å²) in [6.45, 7) is 2.26. The van der Waals surface area contributed by atoms with E-state index >= 15 is 0 Å². The average molecular weight is 452 g/mol. The summed E-state index contributed by atoms with van der Waals surface area (Å²) in [7, 11) is -3.29. The van der Waals surface area contributed by atoms with Crippen molar-refractivity contribution in [2.24, 2.45) is 0 Å². The van der Waals surface area contributed by atoms with Gasteiger partial charge >= 0.3 is 0 Å². The van der Waals surface area contributed by atoms with Crippen LogP contribution in [-0.2, 0) is 9.84 Å². The highest BCUT2D eigenvalue weighted by Crippen LogP contribution is 2.38. The van der Waals surface area contributed by atoms with Crippen molar-refractivity contribution in [2.45, 2.75) is 31.8 Å². The quantitative estimate of drug-likeness (QED) is 0.720. The fourth-order valence-corrected chi connectivity index (χ4v) is 4.24. The zero-order chi connectivity index (χ0) is 21.9. The van der Waals surface area contributed by atoms with Crippen LogP contribution in [0, 0.1) is 5.82 Å². The van der Waals surface area contributed by atoms with Gasteiger partial charge in [0.1, 0.15) is 0 Å². The Balaban J connectivity index is 1.77. The highest BCUT2D eigenvalue weighted by atomic mass is 35.5. The van der Waals surface area contributed by atoms with E-state index in [0.29, 0.717) is 11.6 Å². The SMILES string of the molecule is C[C@H](/C=C/S(C)(=O)=O)NC(=O)c1cnc(N2CCC[C@H]2c2ccccc2Cl)c(F)c1. The third kappa shape index (κ3) is 5.37. The number of rotatable bonds is 6. The summed E-state index contributed by atoms with van der Waals surface area (Å²) in [5.41, 5.74) is 0.982. The number of anilines is 1. The number of sulfone groups is 1. The summed E-state index contributed by atoms with van der Waals surface area (Å²) in [5.74, 6) is -0.956. The standard InChI is InChI=1S/C21H23ClFN3O3S/c1-14(9-11-30(2,28)29)25-21(27)15-12-18(23)20(24-13-15)26-10-5-8-19(26)16-6-3-4-7-17(16)22/h3-4,6-7,9,11-14,19H,5,8,10H2,1-2H3,(H,25,27)/b11-9+/t14-,19+/m1/s1. The molecule has 160 valence electrons. The molecule has 2 aromatic rings. The van der Waals surface area contributed by atoms with E-state index in [9.17, 15) is 17.6 Å². The lowest BCUT2D eigenvalue weighted by molar-refractivity contribution is 0.0946. The molecule has 0 radical (unpaired) electrons. The molecule has 1 aliphatic heterocycles. The third-order valence-corrected chi connectivity index (χ3v) is 5.84. The molecule has 0 unspecified atom stereocenters. The van der Waals surface area contributed by atoms with Gasteiger partial charge < -0.3 is 10.2 Å². The van der Waals surface area contributed by atoms with E-state index in [0.717, 1.165) is 36.1 Å². The Bertz CT molecular complexity index is 1070. The number of halogens is 2. The number of carbonyl (C=O) groups is 1. The van der Waals surface area contributed by atoms with Crippen molar-refractivity contribution in [2.75, 3.05) is 17.7 Å². The van der Waals surface area contributed by atoms with Crippen LogP contribution >= 0.6 is 11.6 Å². The molecule has 1 saturated heterocycles. The van der Waals surface area contributed by atoms with E-state index in [4.69, 9.17) is 11.6 Å². The fraction of sp³-hybridized carbons (Fsp3) is 0.333. The van der Waals surface area contributed by atoms with Gasteiger partial charge in [0.05, 0.1) is 11.6 Å². The van der Waals surface area contributed by atoms with Crippen molar-refractivity contribution in [1.82, 2.24) is 10.3 Å². The van der Waals surface area contributed by atoms with Crippen molar-refractivity contribution in [3.05, 3.63) is 70.0 Å². The van der Waals surface area contributed by atoms with Gasteiger partial charge in [-0.1, -0.05) is 35.9 Å². The Kier molecular flexibility index (Phi) is 6.77. The van der Waals surface area contributed by atoms with Crippen LogP contribution in [-0.4, -0.2) is 38.2 Å². The van der Waals surface area contributed by atoms with E-state index in [-0.39, 0.29) is 17.4 Å². The van der Waals surface area contributed by atoms with Crippen LogP contribution in [0.3, 0.4) is 0 Å². The molecule has 3 rings (SSSR count). The van der Waals surface area contributed by atoms with Gasteiger partial charge in [-0.25, -0.2) is 17.8 Å². The summed E-state index contributed by atoms with van der Waals surface area (Å²) >= 11 is 6.33. The Morgan fingerprint density at radius 2 is 2.13 bits per heavy atom. The van der Waals surface area contributed by atoms with Crippen molar-refractivity contribution < 1.29 is 17.6 Å². The number of nitrogens with zero attached hydrogens (tertiary/aromatic N) is 2. The summed E-state index contributed by atoms with van der Waals surface area (Å²) in [6, 6.07) is 8.00. The molecule has 1 aliphatic rings. The molecule has 0 bridgehead atoms. The molecule has 1 amide bonds. The maximum absolute atomic E-state index is 14.9. The van der Waals surface area contributed by atoms with Gasteiger partial charge in [-0.15, -0.1) is 0 Å². The van der Waals surface area contributed by atoms with E-state index in [1.807, 2.05) is 29.2 Å². The third-order valence-electron chi connectivity index (χ3n) is 4.85. The lowest BCUT2D eigenvalue weighted by Gasteiger charge is -2.27. The number of hydrogen-bond acceptors (Lipinski definition) is 5. The second-order valence-corrected chi connectivity index (χ2v) is 9.66. The van der Waals surface area contributed by atoms with Gasteiger partial charge in [-0.05, 0) is 37.5 Å². The number of nitrogens with one attached hydrogen (secondary N) is 1. The van der Waals surface area contributed by atoms with Crippen LogP contribution in [0.5, 0.6) is 0 Å². The van der Waals surface area contributed by atoms with Gasteiger partial charge in [0, 0.05) is 35.5 Å². The second kappa shape index (κ2) is 9.14. The van der Waals surface area contributed by atoms with Crippen LogP contribution in [0.15, 0.2) is 48.0 Å². The summed E-state index contributed by atoms with van der Waals surface area (Å²) in [4.78, 5) is 18.4. The number of amides is 1. The molecule has 6 nitrogen and oxygen atoms in total. The molecule has 0 aliphatic carbocycles. The molecule has 1 aromatic heterocycles. The summed E-state index contributed by atoms with van der Waals surface area (Å²) in [6.07, 6.45) is 5.44. The molecule has 30 heavy (non-hydrogen) atoms. The minimum atomic E-state index is -3.29. The van der Waals surface area contributed by atoms with Crippen molar-refractivity contribution in [1.29, 1.82) is 0 Å². The topological polar surface area (TPSA) is 79.4 Å². The predicted molar refractivity (Wildman–Crippen MR) is 116 cm³/mol. The Morgan fingerprint density at radius 1 is 1.40 bits per heavy atom. The molecule has 1 aromatic carbocycles. The normalized spacial score (nSPS) is 18.0. The maximum atomic E-state index is 14.9. The molecule has 0 saturated carbocycles. The van der Waals surface area contributed by atoms with Crippen LogP contribution in [0.4, 0.5) is 10.2 Å². The number of carbonyl (C=O) groups excluding carboxylic acids is 1. The molecule has 2 atom stereocenters. The average Bonchev–Trinajstić information content (AvgIpc) is 3.15. The minimum absolute atomic E-state index is 0.0596. The lowest BCUT2D eigenvalue weighted by atomic mass is 10.0. The molecule has 1 N–H and O–H groups in total. The second-order valence-electron chi connectivity index (χ2n) is 7.32. The van der Waals surface area contributed by atoms with Crippen molar-refractivity contribution in [3.8, 4) is 0 Å². The zero-order valence-electron chi connectivity index (χ0n) is 16.7. The van der Waals surface area contributed by atoms with Crippen LogP contribution in [0.1, 0.15) is 41.7 Å². The number of benzene rings is 1. The highest BCUT2D eigenvalue weighted by Gasteiger charge is 2.30. The molecular weight excluding hydrogens is 429 g/mol. The van der Waals surface area contributed by atoms with E-state index in [1.165, 1.54) is 12.3 Å². The van der Waals surface area contributed by atoms with E-state index in [2.05, 4.69) is 10.3 Å². The first kappa shape index (κ1) is 22.2. The summed E-state index contributed by atoms with van der Waals surface area (Å²) < 4.78 is 37.2. The maximum Gasteiger partial charge on any atom is 0.253 e. The number of pyridine rings is 1. The van der Waals surface area contributed by atoms with Gasteiger partial charge in [-0.2, -0.15) is 0 Å². The molecular formula is C21H23ClFN3O3S. The molecule has 9 heteroatoms. The van der Waals surface area contributed by atoms with Crippen LogP contribution in [0.2, 0.25) is 5.02 Å². The molecule has 0 spiro atoms. The predicted octanol–water partition coefficient (Wildman–Crippen LogP) is 3.89. The molecule has 1 fully saturated rings.